The highest BCUT2D eigenvalue weighted by atomic mass is 16.7. The number of fused-ring (bicyclic) bond motifs is 5. The molecule has 28 heavy (non-hydrogen) atoms. The predicted molar refractivity (Wildman–Crippen MR) is 105 cm³/mol. The first kappa shape index (κ1) is 18.0. The van der Waals surface area contributed by atoms with Gasteiger partial charge in [-0.25, -0.2) is 4.79 Å². The molecule has 1 saturated heterocycles. The minimum atomic E-state index is -0.489. The van der Waals surface area contributed by atoms with Crippen LogP contribution in [0.25, 0.3) is 5.57 Å². The van der Waals surface area contributed by atoms with Crippen LogP contribution in [0.3, 0.4) is 0 Å². The normalized spacial score (nSPS) is 41.7. The van der Waals surface area contributed by atoms with Crippen LogP contribution in [0.2, 0.25) is 0 Å². The molecular weight excluding hydrogens is 354 g/mol. The van der Waals surface area contributed by atoms with Gasteiger partial charge in [-0.3, -0.25) is 4.98 Å². The molecule has 2 saturated carbocycles. The van der Waals surface area contributed by atoms with Gasteiger partial charge in [-0.15, -0.1) is 0 Å². The summed E-state index contributed by atoms with van der Waals surface area (Å²) in [4.78, 5) is 16.0. The molecule has 3 fully saturated rings. The molecule has 0 aromatic carbocycles. The Kier molecular flexibility index (Phi) is 4.01. The van der Waals surface area contributed by atoms with Crippen LogP contribution in [0.1, 0.15) is 51.5 Å². The molecule has 6 atom stereocenters. The zero-order valence-corrected chi connectivity index (χ0v) is 16.9. The number of hydrogen-bond donors (Lipinski definition) is 0. The fraction of sp³-hybridized carbons (Fsp3) is 0.652. The van der Waals surface area contributed by atoms with Gasteiger partial charge in [0.05, 0.1) is 13.3 Å². The smallest absolute Gasteiger partial charge is 0.495 e. The van der Waals surface area contributed by atoms with E-state index < -0.39 is 6.16 Å². The standard InChI is InChI=1S/C23H29NO4/c1-22-9-8-19-16(4-7-20-23(19,2)13-27-21(25)28-20)18(22)6-5-17(22)14-10-15(26-3)12-24-11-14/h5,10-12,16,18-20H,4,6-9,13H2,1-3H3/t16-,18-,19?,20?,22+,23+/m0/s1. The third-order valence-corrected chi connectivity index (χ3v) is 8.36. The highest BCUT2D eigenvalue weighted by molar-refractivity contribution is 5.73. The van der Waals surface area contributed by atoms with Crippen molar-refractivity contribution in [2.24, 2.45) is 28.6 Å². The summed E-state index contributed by atoms with van der Waals surface area (Å²) in [5.41, 5.74) is 2.74. The minimum Gasteiger partial charge on any atom is -0.495 e. The molecule has 150 valence electrons. The minimum absolute atomic E-state index is 0.00998. The van der Waals surface area contributed by atoms with Crippen LogP contribution >= 0.6 is 0 Å². The van der Waals surface area contributed by atoms with Gasteiger partial charge in [0, 0.05) is 11.6 Å². The van der Waals surface area contributed by atoms with E-state index in [2.05, 4.69) is 31.0 Å². The van der Waals surface area contributed by atoms with Crippen molar-refractivity contribution in [3.63, 3.8) is 0 Å². The fourth-order valence-electron chi connectivity index (χ4n) is 6.87. The Bertz CT molecular complexity index is 836. The maximum Gasteiger partial charge on any atom is 0.508 e. The molecule has 0 amide bonds. The summed E-state index contributed by atoms with van der Waals surface area (Å²) in [5, 5.41) is 0. The van der Waals surface area contributed by atoms with Crippen LogP contribution in [-0.4, -0.2) is 31.0 Å². The van der Waals surface area contributed by atoms with E-state index in [1.165, 1.54) is 11.1 Å². The number of carbonyl (C=O) groups excluding carboxylic acids is 1. The summed E-state index contributed by atoms with van der Waals surface area (Å²) < 4.78 is 16.4. The van der Waals surface area contributed by atoms with Crippen molar-refractivity contribution in [2.45, 2.75) is 52.1 Å². The molecule has 5 heteroatoms. The Labute approximate surface area is 166 Å². The summed E-state index contributed by atoms with van der Waals surface area (Å²) in [5.74, 6) is 2.64. The number of allylic oxidation sites excluding steroid dienone is 2. The molecule has 0 radical (unpaired) electrons. The Morgan fingerprint density at radius 3 is 2.86 bits per heavy atom. The number of ether oxygens (including phenoxy) is 3. The summed E-state index contributed by atoms with van der Waals surface area (Å²) in [6.45, 7) is 5.22. The second-order valence-corrected chi connectivity index (χ2v) is 9.53. The highest BCUT2D eigenvalue weighted by Crippen LogP contribution is 2.65. The third-order valence-electron chi connectivity index (χ3n) is 8.36. The molecule has 2 unspecified atom stereocenters. The van der Waals surface area contributed by atoms with Gasteiger partial charge in [0.25, 0.3) is 0 Å². The molecule has 1 aliphatic heterocycles. The van der Waals surface area contributed by atoms with Crippen molar-refractivity contribution < 1.29 is 19.0 Å². The van der Waals surface area contributed by atoms with Crippen LogP contribution < -0.4 is 4.74 Å². The van der Waals surface area contributed by atoms with Gasteiger partial charge in [0.1, 0.15) is 18.5 Å². The van der Waals surface area contributed by atoms with Gasteiger partial charge in [0.2, 0.25) is 0 Å². The van der Waals surface area contributed by atoms with Gasteiger partial charge in [0.15, 0.2) is 0 Å². The molecule has 0 N–H and O–H groups in total. The molecule has 1 aromatic heterocycles. The monoisotopic (exact) mass is 383 g/mol. The molecule has 0 bridgehead atoms. The molecule has 4 aliphatic rings. The first-order valence-corrected chi connectivity index (χ1v) is 10.5. The van der Waals surface area contributed by atoms with E-state index in [0.717, 1.165) is 37.9 Å². The van der Waals surface area contributed by atoms with Crippen LogP contribution in [0.5, 0.6) is 5.75 Å². The third kappa shape index (κ3) is 2.44. The number of cyclic esters (lactones) is 1. The largest absolute Gasteiger partial charge is 0.508 e. The highest BCUT2D eigenvalue weighted by Gasteiger charge is 2.60. The average Bonchev–Trinajstić information content (AvgIpc) is 3.06. The van der Waals surface area contributed by atoms with E-state index in [4.69, 9.17) is 14.2 Å². The summed E-state index contributed by atoms with van der Waals surface area (Å²) in [6, 6.07) is 2.12. The first-order valence-electron chi connectivity index (χ1n) is 10.5. The molecular formula is C23H29NO4. The maximum atomic E-state index is 11.6. The van der Waals surface area contributed by atoms with Crippen molar-refractivity contribution in [1.29, 1.82) is 0 Å². The second-order valence-electron chi connectivity index (χ2n) is 9.53. The molecule has 0 spiro atoms. The van der Waals surface area contributed by atoms with Crippen molar-refractivity contribution in [3.8, 4) is 5.75 Å². The van der Waals surface area contributed by atoms with Gasteiger partial charge < -0.3 is 14.2 Å². The van der Waals surface area contributed by atoms with Crippen molar-refractivity contribution in [2.75, 3.05) is 13.7 Å². The molecule has 5 nitrogen and oxygen atoms in total. The Morgan fingerprint density at radius 1 is 1.18 bits per heavy atom. The van der Waals surface area contributed by atoms with Gasteiger partial charge in [-0.05, 0) is 72.5 Å². The van der Waals surface area contributed by atoms with Gasteiger partial charge in [-0.1, -0.05) is 19.9 Å². The Balaban J connectivity index is 1.44. The van der Waals surface area contributed by atoms with E-state index in [-0.39, 0.29) is 16.9 Å². The zero-order chi connectivity index (χ0) is 19.5. The zero-order valence-electron chi connectivity index (χ0n) is 16.9. The van der Waals surface area contributed by atoms with Gasteiger partial charge >= 0.3 is 6.16 Å². The summed E-state index contributed by atoms with van der Waals surface area (Å²) in [6.07, 6.45) is 11.2. The van der Waals surface area contributed by atoms with E-state index in [9.17, 15) is 4.79 Å². The Morgan fingerprint density at radius 2 is 2.04 bits per heavy atom. The summed E-state index contributed by atoms with van der Waals surface area (Å²) in [7, 11) is 1.69. The number of pyridine rings is 1. The number of aromatic nitrogens is 1. The van der Waals surface area contributed by atoms with Crippen molar-refractivity contribution in [3.05, 3.63) is 30.1 Å². The van der Waals surface area contributed by atoms with Crippen molar-refractivity contribution in [1.82, 2.24) is 4.98 Å². The van der Waals surface area contributed by atoms with E-state index >= 15 is 0 Å². The number of hydrogen-bond acceptors (Lipinski definition) is 5. The molecule has 2 heterocycles. The first-order chi connectivity index (χ1) is 13.5. The average molecular weight is 383 g/mol. The number of carbonyl (C=O) groups is 1. The van der Waals surface area contributed by atoms with Crippen LogP contribution in [0, 0.1) is 28.6 Å². The van der Waals surface area contributed by atoms with E-state index in [1.807, 2.05) is 6.20 Å². The predicted octanol–water partition coefficient (Wildman–Crippen LogP) is 4.86. The van der Waals surface area contributed by atoms with E-state index in [0.29, 0.717) is 24.4 Å². The molecule has 5 rings (SSSR count). The molecule has 1 aromatic rings. The summed E-state index contributed by atoms with van der Waals surface area (Å²) >= 11 is 0. The number of methoxy groups -OCH3 is 1. The fourth-order valence-corrected chi connectivity index (χ4v) is 6.87. The Hall–Kier alpha value is -2.04. The quantitative estimate of drug-likeness (QED) is 0.683. The second kappa shape index (κ2) is 6.23. The number of rotatable bonds is 2. The van der Waals surface area contributed by atoms with E-state index in [1.54, 1.807) is 13.3 Å². The molecule has 3 aliphatic carbocycles. The lowest BCUT2D eigenvalue weighted by molar-refractivity contribution is -0.179. The van der Waals surface area contributed by atoms with Crippen LogP contribution in [0.15, 0.2) is 24.5 Å². The lowest BCUT2D eigenvalue weighted by Gasteiger charge is -2.58. The lowest BCUT2D eigenvalue weighted by atomic mass is 9.48. The lowest BCUT2D eigenvalue weighted by Crippen LogP contribution is -2.58. The topological polar surface area (TPSA) is 57.7 Å². The van der Waals surface area contributed by atoms with Crippen LogP contribution in [0.4, 0.5) is 4.79 Å². The van der Waals surface area contributed by atoms with Crippen molar-refractivity contribution >= 4 is 11.7 Å². The SMILES string of the molecule is COc1cncc(C2=CC[C@H]3[C@@H]4CCC5OC(=O)OC[C@]5(C)C4CC[C@]23C)c1. The number of nitrogens with zero attached hydrogens (tertiary/aromatic N) is 1. The van der Waals surface area contributed by atoms with Gasteiger partial charge in [-0.2, -0.15) is 0 Å². The van der Waals surface area contributed by atoms with Crippen LogP contribution in [-0.2, 0) is 9.47 Å². The maximum absolute atomic E-state index is 11.6.